The first-order valence-corrected chi connectivity index (χ1v) is 8.07. The van der Waals surface area contributed by atoms with Crippen molar-refractivity contribution in [1.82, 2.24) is 10.2 Å². The maximum absolute atomic E-state index is 12.1. The van der Waals surface area contributed by atoms with E-state index < -0.39 is 0 Å². The normalized spacial score (nSPS) is 28.2. The highest BCUT2D eigenvalue weighted by Gasteiger charge is 2.26. The average Bonchev–Trinajstić information content (AvgIpc) is 2.52. The molecular weight excluding hydrogens is 254 g/mol. The van der Waals surface area contributed by atoms with Gasteiger partial charge in [-0.15, -0.1) is 0 Å². The molecule has 0 aromatic rings. The third-order valence-electron chi connectivity index (χ3n) is 4.54. The maximum atomic E-state index is 12.1. The summed E-state index contributed by atoms with van der Waals surface area (Å²) in [5.41, 5.74) is 5.72. The molecule has 2 atom stereocenters. The van der Waals surface area contributed by atoms with Crippen molar-refractivity contribution in [3.63, 3.8) is 0 Å². The minimum absolute atomic E-state index is 0.195. The largest absolute Gasteiger partial charge is 0.379 e. The Morgan fingerprint density at radius 3 is 2.85 bits per heavy atom. The predicted octanol–water partition coefficient (Wildman–Crippen LogP) is 0.590. The summed E-state index contributed by atoms with van der Waals surface area (Å²) >= 11 is 0. The molecule has 1 aliphatic heterocycles. The first-order chi connectivity index (χ1) is 9.79. The van der Waals surface area contributed by atoms with E-state index in [1.165, 1.54) is 6.42 Å². The van der Waals surface area contributed by atoms with E-state index in [0.29, 0.717) is 5.92 Å². The Balaban J connectivity index is 1.57. The van der Waals surface area contributed by atoms with E-state index in [2.05, 4.69) is 10.2 Å². The molecule has 0 aromatic carbocycles. The molecule has 0 radical (unpaired) electrons. The van der Waals surface area contributed by atoms with Crippen molar-refractivity contribution in [2.75, 3.05) is 45.9 Å². The topological polar surface area (TPSA) is 67.6 Å². The summed E-state index contributed by atoms with van der Waals surface area (Å²) in [4.78, 5) is 14.5. The van der Waals surface area contributed by atoms with E-state index in [9.17, 15) is 4.79 Å². The minimum atomic E-state index is 0.195. The fourth-order valence-electron chi connectivity index (χ4n) is 3.23. The van der Waals surface area contributed by atoms with Crippen LogP contribution in [0.5, 0.6) is 0 Å². The van der Waals surface area contributed by atoms with Crippen LogP contribution in [0.25, 0.3) is 0 Å². The molecular formula is C15H29N3O2. The van der Waals surface area contributed by atoms with Gasteiger partial charge in [-0.05, 0) is 44.7 Å². The lowest BCUT2D eigenvalue weighted by Crippen LogP contribution is -2.39. The van der Waals surface area contributed by atoms with Crippen LogP contribution in [-0.2, 0) is 9.53 Å². The molecule has 0 bridgehead atoms. The number of rotatable bonds is 6. The second kappa shape index (κ2) is 8.60. The van der Waals surface area contributed by atoms with Gasteiger partial charge in [-0.25, -0.2) is 0 Å². The van der Waals surface area contributed by atoms with E-state index in [1.807, 2.05) is 0 Å². The maximum Gasteiger partial charge on any atom is 0.223 e. The van der Waals surface area contributed by atoms with Crippen LogP contribution in [0, 0.1) is 11.8 Å². The van der Waals surface area contributed by atoms with Crippen LogP contribution in [0.1, 0.15) is 32.1 Å². The zero-order valence-corrected chi connectivity index (χ0v) is 12.5. The molecule has 20 heavy (non-hydrogen) atoms. The number of hydrogen-bond donors (Lipinski definition) is 2. The first-order valence-electron chi connectivity index (χ1n) is 8.07. The van der Waals surface area contributed by atoms with Gasteiger partial charge in [-0.2, -0.15) is 0 Å². The van der Waals surface area contributed by atoms with Gasteiger partial charge in [0.1, 0.15) is 0 Å². The van der Waals surface area contributed by atoms with Crippen molar-refractivity contribution in [1.29, 1.82) is 0 Å². The molecule has 1 heterocycles. The van der Waals surface area contributed by atoms with Crippen molar-refractivity contribution in [3.05, 3.63) is 0 Å². The Kier molecular flexibility index (Phi) is 6.76. The lowest BCUT2D eigenvalue weighted by Gasteiger charge is -2.28. The summed E-state index contributed by atoms with van der Waals surface area (Å²) in [5, 5.41) is 3.10. The van der Waals surface area contributed by atoms with Crippen LogP contribution in [0.3, 0.4) is 0 Å². The fourth-order valence-corrected chi connectivity index (χ4v) is 3.23. The number of carbonyl (C=O) groups is 1. The van der Waals surface area contributed by atoms with E-state index in [-0.39, 0.29) is 11.8 Å². The van der Waals surface area contributed by atoms with Crippen LogP contribution >= 0.6 is 0 Å². The number of amides is 1. The highest BCUT2D eigenvalue weighted by atomic mass is 16.5. The number of nitrogens with zero attached hydrogens (tertiary/aromatic N) is 1. The zero-order valence-electron chi connectivity index (χ0n) is 12.5. The smallest absolute Gasteiger partial charge is 0.223 e. The summed E-state index contributed by atoms with van der Waals surface area (Å²) in [6, 6.07) is 0. The number of carbonyl (C=O) groups excluding carboxylic acids is 1. The molecule has 5 heteroatoms. The van der Waals surface area contributed by atoms with E-state index >= 15 is 0 Å². The summed E-state index contributed by atoms with van der Waals surface area (Å²) in [6.07, 6.45) is 5.38. The van der Waals surface area contributed by atoms with Crippen LogP contribution in [-0.4, -0.2) is 56.7 Å². The van der Waals surface area contributed by atoms with Gasteiger partial charge in [-0.3, -0.25) is 9.69 Å². The molecule has 1 saturated carbocycles. The van der Waals surface area contributed by atoms with Crippen molar-refractivity contribution >= 4 is 5.91 Å². The van der Waals surface area contributed by atoms with Gasteiger partial charge in [0.15, 0.2) is 0 Å². The second-order valence-electron chi connectivity index (χ2n) is 6.06. The average molecular weight is 283 g/mol. The Morgan fingerprint density at radius 1 is 1.30 bits per heavy atom. The van der Waals surface area contributed by atoms with Gasteiger partial charge in [0.05, 0.1) is 13.2 Å². The van der Waals surface area contributed by atoms with Crippen LogP contribution in [0.2, 0.25) is 0 Å². The Morgan fingerprint density at radius 2 is 2.10 bits per heavy atom. The van der Waals surface area contributed by atoms with Gasteiger partial charge in [0, 0.05) is 25.6 Å². The molecule has 2 unspecified atom stereocenters. The molecule has 5 nitrogen and oxygen atoms in total. The lowest BCUT2D eigenvalue weighted by atomic mass is 9.81. The molecule has 3 N–H and O–H groups in total. The minimum Gasteiger partial charge on any atom is -0.379 e. The summed E-state index contributed by atoms with van der Waals surface area (Å²) in [6.45, 7) is 6.30. The molecule has 2 fully saturated rings. The number of nitrogens with two attached hydrogens (primary N) is 1. The van der Waals surface area contributed by atoms with Crippen molar-refractivity contribution < 1.29 is 9.53 Å². The molecule has 116 valence electrons. The third-order valence-corrected chi connectivity index (χ3v) is 4.54. The van der Waals surface area contributed by atoms with E-state index in [0.717, 1.165) is 71.6 Å². The van der Waals surface area contributed by atoms with Gasteiger partial charge in [0.25, 0.3) is 0 Å². The van der Waals surface area contributed by atoms with Crippen molar-refractivity contribution in [3.8, 4) is 0 Å². The number of ether oxygens (including phenoxy) is 1. The van der Waals surface area contributed by atoms with Gasteiger partial charge >= 0.3 is 0 Å². The molecule has 1 aliphatic carbocycles. The Hall–Kier alpha value is -0.650. The van der Waals surface area contributed by atoms with Crippen molar-refractivity contribution in [2.24, 2.45) is 17.6 Å². The molecule has 0 aromatic heterocycles. The molecule has 2 aliphatic rings. The van der Waals surface area contributed by atoms with Crippen LogP contribution in [0.4, 0.5) is 0 Å². The summed E-state index contributed by atoms with van der Waals surface area (Å²) < 4.78 is 5.32. The molecule has 1 saturated heterocycles. The molecule has 2 rings (SSSR count). The van der Waals surface area contributed by atoms with E-state index in [1.54, 1.807) is 0 Å². The van der Waals surface area contributed by atoms with Crippen molar-refractivity contribution in [2.45, 2.75) is 32.1 Å². The number of hydrogen-bond acceptors (Lipinski definition) is 4. The zero-order chi connectivity index (χ0) is 14.2. The van der Waals surface area contributed by atoms with E-state index in [4.69, 9.17) is 10.5 Å². The van der Waals surface area contributed by atoms with Gasteiger partial charge in [-0.1, -0.05) is 6.42 Å². The SMILES string of the molecule is NCC1CCCC(C(=O)NCCCN2CCOCC2)C1. The first kappa shape index (κ1) is 15.7. The third kappa shape index (κ3) is 5.04. The quantitative estimate of drug-likeness (QED) is 0.700. The molecule has 1 amide bonds. The number of nitrogens with one attached hydrogen (secondary N) is 1. The molecule has 0 spiro atoms. The Labute approximate surface area is 122 Å². The monoisotopic (exact) mass is 283 g/mol. The van der Waals surface area contributed by atoms with Crippen LogP contribution in [0.15, 0.2) is 0 Å². The second-order valence-corrected chi connectivity index (χ2v) is 6.06. The summed E-state index contributed by atoms with van der Waals surface area (Å²) in [7, 11) is 0. The highest BCUT2D eigenvalue weighted by Crippen LogP contribution is 2.28. The lowest BCUT2D eigenvalue weighted by molar-refractivity contribution is -0.126. The Bertz CT molecular complexity index is 293. The van der Waals surface area contributed by atoms with Crippen LogP contribution < -0.4 is 11.1 Å². The fraction of sp³-hybridized carbons (Fsp3) is 0.933. The standard InChI is InChI=1S/C15H29N3O2/c16-12-13-3-1-4-14(11-13)15(19)17-5-2-6-18-7-9-20-10-8-18/h13-14H,1-12,16H2,(H,17,19). The van der Waals surface area contributed by atoms with Gasteiger partial charge < -0.3 is 15.8 Å². The predicted molar refractivity (Wildman–Crippen MR) is 79.4 cm³/mol. The highest BCUT2D eigenvalue weighted by molar-refractivity contribution is 5.78. The van der Waals surface area contributed by atoms with Gasteiger partial charge in [0.2, 0.25) is 5.91 Å². The number of morpholine rings is 1. The summed E-state index contributed by atoms with van der Waals surface area (Å²) in [5.74, 6) is 0.985.